The Morgan fingerprint density at radius 1 is 1.35 bits per heavy atom. The molecule has 1 aliphatic rings. The minimum atomic E-state index is 0.229. The third-order valence-electron chi connectivity index (χ3n) is 3.80. The van der Waals surface area contributed by atoms with E-state index in [1.54, 1.807) is 0 Å². The molecule has 1 atom stereocenters. The number of ether oxygens (including phenoxy) is 1. The molecule has 0 saturated carbocycles. The number of hydrogen-bond acceptors (Lipinski definition) is 4. The van der Waals surface area contributed by atoms with Crippen LogP contribution in [0.2, 0.25) is 0 Å². The Kier molecular flexibility index (Phi) is 3.65. The van der Waals surface area contributed by atoms with Gasteiger partial charge in [0.2, 0.25) is 0 Å². The highest BCUT2D eigenvalue weighted by atomic mass is 16.5. The highest BCUT2D eigenvalue weighted by Crippen LogP contribution is 2.30. The first-order valence-electron chi connectivity index (χ1n) is 7.11. The fourth-order valence-electron chi connectivity index (χ4n) is 2.53. The molecule has 0 spiro atoms. The van der Waals surface area contributed by atoms with Crippen LogP contribution in [-0.2, 0) is 6.42 Å². The summed E-state index contributed by atoms with van der Waals surface area (Å²) in [5.74, 6) is 2.06. The molecule has 0 fully saturated rings. The van der Waals surface area contributed by atoms with Crippen LogP contribution in [0.1, 0.15) is 30.7 Å². The van der Waals surface area contributed by atoms with E-state index >= 15 is 0 Å². The van der Waals surface area contributed by atoms with E-state index in [4.69, 9.17) is 10.5 Å². The number of fused-ring (bicyclic) bond motifs is 1. The predicted molar refractivity (Wildman–Crippen MR) is 78.8 cm³/mol. The molecule has 0 amide bonds. The smallest absolute Gasteiger partial charge is 0.133 e. The molecule has 2 aromatic rings. The van der Waals surface area contributed by atoms with Crippen LogP contribution >= 0.6 is 0 Å². The van der Waals surface area contributed by atoms with Crippen LogP contribution in [-0.4, -0.2) is 23.1 Å². The summed E-state index contributed by atoms with van der Waals surface area (Å²) in [5.41, 5.74) is 9.11. The summed E-state index contributed by atoms with van der Waals surface area (Å²) in [6, 6.07) is 8.20. The topological polar surface area (TPSA) is 61.0 Å². The van der Waals surface area contributed by atoms with Crippen LogP contribution in [0.5, 0.6) is 5.75 Å². The molecule has 104 valence electrons. The monoisotopic (exact) mass is 269 g/mol. The maximum absolute atomic E-state index is 5.78. The van der Waals surface area contributed by atoms with Gasteiger partial charge in [0, 0.05) is 30.6 Å². The number of benzene rings is 1. The van der Waals surface area contributed by atoms with Gasteiger partial charge in [-0.2, -0.15) is 0 Å². The highest BCUT2D eigenvalue weighted by molar-refractivity contribution is 5.62. The normalized spacial score (nSPS) is 14.7. The molecular formula is C16H19N3O. The molecule has 1 unspecified atom stereocenters. The minimum absolute atomic E-state index is 0.229. The number of nitrogens with zero attached hydrogens (tertiary/aromatic N) is 2. The van der Waals surface area contributed by atoms with Gasteiger partial charge in [0.15, 0.2) is 0 Å². The van der Waals surface area contributed by atoms with Crippen LogP contribution in [0, 0.1) is 0 Å². The zero-order valence-electron chi connectivity index (χ0n) is 11.7. The van der Waals surface area contributed by atoms with Gasteiger partial charge in [0.25, 0.3) is 0 Å². The second-order valence-electron chi connectivity index (χ2n) is 5.06. The Hall–Kier alpha value is -1.94. The minimum Gasteiger partial charge on any atom is -0.493 e. The lowest BCUT2D eigenvalue weighted by atomic mass is 10.0. The quantitative estimate of drug-likeness (QED) is 0.926. The van der Waals surface area contributed by atoms with Crippen molar-refractivity contribution in [2.75, 3.05) is 13.2 Å². The average Bonchev–Trinajstić information content (AvgIpc) is 2.96. The van der Waals surface area contributed by atoms with Crippen molar-refractivity contribution in [3.63, 3.8) is 0 Å². The van der Waals surface area contributed by atoms with Crippen LogP contribution in [0.4, 0.5) is 0 Å². The van der Waals surface area contributed by atoms with Gasteiger partial charge in [-0.1, -0.05) is 6.92 Å². The number of rotatable bonds is 4. The van der Waals surface area contributed by atoms with Crippen molar-refractivity contribution in [1.29, 1.82) is 0 Å². The van der Waals surface area contributed by atoms with Gasteiger partial charge in [0.1, 0.15) is 11.6 Å². The van der Waals surface area contributed by atoms with E-state index in [-0.39, 0.29) is 5.92 Å². The molecular weight excluding hydrogens is 250 g/mol. The van der Waals surface area contributed by atoms with E-state index < -0.39 is 0 Å². The molecule has 20 heavy (non-hydrogen) atoms. The van der Waals surface area contributed by atoms with Gasteiger partial charge in [-0.15, -0.1) is 0 Å². The second kappa shape index (κ2) is 5.59. The van der Waals surface area contributed by atoms with E-state index in [0.29, 0.717) is 6.54 Å². The van der Waals surface area contributed by atoms with E-state index in [0.717, 1.165) is 42.3 Å². The first-order chi connectivity index (χ1) is 9.81. The summed E-state index contributed by atoms with van der Waals surface area (Å²) in [5, 5.41) is 0. The summed E-state index contributed by atoms with van der Waals surface area (Å²) in [6.45, 7) is 3.47. The van der Waals surface area contributed by atoms with E-state index in [1.165, 1.54) is 5.56 Å². The van der Waals surface area contributed by atoms with Crippen LogP contribution in [0.25, 0.3) is 11.3 Å². The standard InChI is InChI=1S/C16H19N3O/c1-2-11(10-17)16-18-7-5-14(19-16)12-3-4-15-13(9-12)6-8-20-15/h3-5,7,9,11H,2,6,8,10,17H2,1H3. The van der Waals surface area contributed by atoms with E-state index in [2.05, 4.69) is 29.0 Å². The largest absolute Gasteiger partial charge is 0.493 e. The summed E-state index contributed by atoms with van der Waals surface area (Å²) in [7, 11) is 0. The molecule has 1 aliphatic heterocycles. The van der Waals surface area contributed by atoms with Gasteiger partial charge in [-0.3, -0.25) is 0 Å². The Labute approximate surface area is 119 Å². The molecule has 0 saturated heterocycles. The lowest BCUT2D eigenvalue weighted by molar-refractivity contribution is 0.357. The number of hydrogen-bond donors (Lipinski definition) is 1. The third kappa shape index (κ3) is 2.39. The van der Waals surface area contributed by atoms with E-state index in [9.17, 15) is 0 Å². The molecule has 1 aromatic heterocycles. The maximum Gasteiger partial charge on any atom is 0.133 e. The van der Waals surface area contributed by atoms with Gasteiger partial charge in [0.05, 0.1) is 12.3 Å². The summed E-state index contributed by atoms with van der Waals surface area (Å²) < 4.78 is 5.54. The van der Waals surface area contributed by atoms with Gasteiger partial charge >= 0.3 is 0 Å². The van der Waals surface area contributed by atoms with Crippen molar-refractivity contribution in [3.05, 3.63) is 41.9 Å². The lowest BCUT2D eigenvalue weighted by Gasteiger charge is -2.12. The number of nitrogens with two attached hydrogens (primary N) is 1. The molecule has 4 heteroatoms. The molecule has 1 aromatic carbocycles. The maximum atomic E-state index is 5.78. The predicted octanol–water partition coefficient (Wildman–Crippen LogP) is 2.53. The molecule has 0 radical (unpaired) electrons. The second-order valence-corrected chi connectivity index (χ2v) is 5.06. The van der Waals surface area contributed by atoms with Crippen molar-refractivity contribution in [1.82, 2.24) is 9.97 Å². The van der Waals surface area contributed by atoms with Gasteiger partial charge < -0.3 is 10.5 Å². The Morgan fingerprint density at radius 2 is 2.25 bits per heavy atom. The fourth-order valence-corrected chi connectivity index (χ4v) is 2.53. The molecule has 2 heterocycles. The van der Waals surface area contributed by atoms with Crippen LogP contribution in [0.15, 0.2) is 30.5 Å². The Morgan fingerprint density at radius 3 is 3.05 bits per heavy atom. The van der Waals surface area contributed by atoms with Crippen LogP contribution in [0.3, 0.4) is 0 Å². The summed E-state index contributed by atoms with van der Waals surface area (Å²) in [4.78, 5) is 9.04. The lowest BCUT2D eigenvalue weighted by Crippen LogP contribution is -2.14. The molecule has 2 N–H and O–H groups in total. The molecule has 0 bridgehead atoms. The fraction of sp³-hybridized carbons (Fsp3) is 0.375. The zero-order valence-corrected chi connectivity index (χ0v) is 11.7. The van der Waals surface area contributed by atoms with E-state index in [1.807, 2.05) is 18.3 Å². The zero-order chi connectivity index (χ0) is 13.9. The van der Waals surface area contributed by atoms with Crippen molar-refractivity contribution in [2.45, 2.75) is 25.7 Å². The SMILES string of the molecule is CCC(CN)c1nccc(-c2ccc3c(c2)CCO3)n1. The first kappa shape index (κ1) is 13.1. The van der Waals surface area contributed by atoms with Gasteiger partial charge in [-0.05, 0) is 36.2 Å². The Balaban J connectivity index is 1.96. The summed E-state index contributed by atoms with van der Waals surface area (Å²) >= 11 is 0. The van der Waals surface area contributed by atoms with Crippen molar-refractivity contribution >= 4 is 0 Å². The van der Waals surface area contributed by atoms with Crippen molar-refractivity contribution in [2.24, 2.45) is 5.73 Å². The van der Waals surface area contributed by atoms with Crippen LogP contribution < -0.4 is 10.5 Å². The average molecular weight is 269 g/mol. The molecule has 3 rings (SSSR count). The number of aromatic nitrogens is 2. The molecule has 4 nitrogen and oxygen atoms in total. The van der Waals surface area contributed by atoms with Crippen molar-refractivity contribution < 1.29 is 4.74 Å². The first-order valence-corrected chi connectivity index (χ1v) is 7.11. The summed E-state index contributed by atoms with van der Waals surface area (Å²) in [6.07, 6.45) is 3.75. The third-order valence-corrected chi connectivity index (χ3v) is 3.80. The Bertz CT molecular complexity index is 608. The van der Waals surface area contributed by atoms with Crippen molar-refractivity contribution in [3.8, 4) is 17.0 Å². The molecule has 0 aliphatic carbocycles. The van der Waals surface area contributed by atoms with Gasteiger partial charge in [-0.25, -0.2) is 9.97 Å². The highest BCUT2D eigenvalue weighted by Gasteiger charge is 2.15.